The van der Waals surface area contributed by atoms with Crippen LogP contribution in [0, 0.1) is 0 Å². The highest BCUT2D eigenvalue weighted by atomic mass is 32.2. The van der Waals surface area contributed by atoms with Gasteiger partial charge in [0.2, 0.25) is 5.91 Å². The van der Waals surface area contributed by atoms with Crippen LogP contribution in [0.2, 0.25) is 0 Å². The summed E-state index contributed by atoms with van der Waals surface area (Å²) in [6.07, 6.45) is -4.43. The molecule has 1 aliphatic rings. The van der Waals surface area contributed by atoms with Gasteiger partial charge < -0.3 is 9.80 Å². The fourth-order valence-corrected chi connectivity index (χ4v) is 4.71. The van der Waals surface area contributed by atoms with E-state index in [-0.39, 0.29) is 24.1 Å². The number of carbonyl (C=O) groups is 2. The molecule has 0 saturated carbocycles. The summed E-state index contributed by atoms with van der Waals surface area (Å²) in [6.45, 7) is 0.568. The smallest absolute Gasteiger partial charge is 0.339 e. The van der Waals surface area contributed by atoms with Crippen molar-refractivity contribution >= 4 is 34.9 Å². The van der Waals surface area contributed by atoms with Crippen LogP contribution in [0.15, 0.2) is 41.8 Å². The van der Waals surface area contributed by atoms with Crippen molar-refractivity contribution in [3.63, 3.8) is 0 Å². The fourth-order valence-electron chi connectivity index (χ4n) is 2.79. The molecule has 1 aromatic heterocycles. The molecule has 1 saturated heterocycles. The van der Waals surface area contributed by atoms with Crippen LogP contribution < -0.4 is 0 Å². The van der Waals surface area contributed by atoms with Crippen molar-refractivity contribution < 1.29 is 22.8 Å². The second-order valence-electron chi connectivity index (χ2n) is 6.08. The predicted molar refractivity (Wildman–Crippen MR) is 99.6 cm³/mol. The number of rotatable bonds is 5. The number of hydrogen-bond acceptors (Lipinski definition) is 4. The summed E-state index contributed by atoms with van der Waals surface area (Å²) in [5, 5.41) is 1.33. The third-order valence-corrected chi connectivity index (χ3v) is 6.34. The first-order chi connectivity index (χ1) is 12.8. The SMILES string of the molecule is CN(CCN1C(=O)CSC1c1cccc(C(F)(F)F)c1)C(=O)c1cccs1. The quantitative estimate of drug-likeness (QED) is 0.739. The highest BCUT2D eigenvalue weighted by Gasteiger charge is 2.35. The van der Waals surface area contributed by atoms with Crippen LogP contribution in [0.5, 0.6) is 0 Å². The Bertz CT molecular complexity index is 824. The van der Waals surface area contributed by atoms with Crippen molar-refractivity contribution in [1.29, 1.82) is 0 Å². The molecule has 1 fully saturated rings. The molecule has 1 aliphatic heterocycles. The Morgan fingerprint density at radius 2 is 2.07 bits per heavy atom. The summed E-state index contributed by atoms with van der Waals surface area (Å²) in [6, 6.07) is 8.57. The molecule has 3 rings (SSSR count). The molecule has 0 bridgehead atoms. The summed E-state index contributed by atoms with van der Waals surface area (Å²) in [7, 11) is 1.65. The van der Waals surface area contributed by atoms with Crippen molar-refractivity contribution in [2.45, 2.75) is 11.6 Å². The van der Waals surface area contributed by atoms with Crippen LogP contribution in [0.3, 0.4) is 0 Å². The molecule has 1 aromatic carbocycles. The lowest BCUT2D eigenvalue weighted by Crippen LogP contribution is -2.38. The van der Waals surface area contributed by atoms with Gasteiger partial charge in [-0.25, -0.2) is 0 Å². The first-order valence-corrected chi connectivity index (χ1v) is 10.1. The monoisotopic (exact) mass is 414 g/mol. The summed E-state index contributed by atoms with van der Waals surface area (Å²) >= 11 is 2.63. The lowest BCUT2D eigenvalue weighted by molar-refractivity contribution is -0.137. The van der Waals surface area contributed by atoms with Gasteiger partial charge in [-0.3, -0.25) is 9.59 Å². The fraction of sp³-hybridized carbons (Fsp3) is 0.333. The Morgan fingerprint density at radius 3 is 2.74 bits per heavy atom. The van der Waals surface area contributed by atoms with Gasteiger partial charge in [0.15, 0.2) is 0 Å². The number of likely N-dealkylation sites (N-methyl/N-ethyl adjacent to an activating group) is 1. The Labute approximate surface area is 163 Å². The first kappa shape index (κ1) is 19.8. The van der Waals surface area contributed by atoms with Gasteiger partial charge in [0.1, 0.15) is 5.37 Å². The first-order valence-electron chi connectivity index (χ1n) is 8.14. The second-order valence-corrected chi connectivity index (χ2v) is 8.09. The topological polar surface area (TPSA) is 40.6 Å². The maximum absolute atomic E-state index is 13.0. The lowest BCUT2D eigenvalue weighted by atomic mass is 10.1. The zero-order valence-electron chi connectivity index (χ0n) is 14.4. The third kappa shape index (κ3) is 4.47. The largest absolute Gasteiger partial charge is 0.416 e. The number of thiophene rings is 1. The molecule has 0 N–H and O–H groups in total. The van der Waals surface area contributed by atoms with Gasteiger partial charge in [-0.15, -0.1) is 23.1 Å². The average molecular weight is 414 g/mol. The zero-order chi connectivity index (χ0) is 19.6. The molecule has 27 heavy (non-hydrogen) atoms. The molecule has 1 atom stereocenters. The number of benzene rings is 1. The van der Waals surface area contributed by atoms with E-state index in [1.54, 1.807) is 30.1 Å². The van der Waals surface area contributed by atoms with Crippen LogP contribution in [-0.4, -0.2) is 47.5 Å². The van der Waals surface area contributed by atoms with Gasteiger partial charge in [-0.05, 0) is 29.1 Å². The molecule has 0 radical (unpaired) electrons. The van der Waals surface area contributed by atoms with Crippen molar-refractivity contribution in [2.24, 2.45) is 0 Å². The lowest BCUT2D eigenvalue weighted by Gasteiger charge is -2.27. The number of carbonyl (C=O) groups excluding carboxylic acids is 2. The molecule has 2 heterocycles. The van der Waals surface area contributed by atoms with Crippen LogP contribution >= 0.6 is 23.1 Å². The number of thioether (sulfide) groups is 1. The van der Waals surface area contributed by atoms with E-state index >= 15 is 0 Å². The molecule has 0 aliphatic carbocycles. The van der Waals surface area contributed by atoms with Crippen LogP contribution in [0.25, 0.3) is 0 Å². The van der Waals surface area contributed by atoms with Crippen molar-refractivity contribution in [3.8, 4) is 0 Å². The Balaban J connectivity index is 1.71. The van der Waals surface area contributed by atoms with E-state index in [9.17, 15) is 22.8 Å². The molecule has 2 amide bonds. The minimum absolute atomic E-state index is 0.139. The number of nitrogens with zero attached hydrogens (tertiary/aromatic N) is 2. The van der Waals surface area contributed by atoms with E-state index in [0.29, 0.717) is 17.0 Å². The van der Waals surface area contributed by atoms with Gasteiger partial charge in [0.25, 0.3) is 5.91 Å². The Kier molecular flexibility index (Phi) is 5.81. The number of hydrogen-bond donors (Lipinski definition) is 0. The molecule has 1 unspecified atom stereocenters. The molecular formula is C18H17F3N2O2S2. The van der Waals surface area contributed by atoms with Crippen LogP contribution in [0.4, 0.5) is 13.2 Å². The molecule has 4 nitrogen and oxygen atoms in total. The predicted octanol–water partition coefficient (Wildman–Crippen LogP) is 4.11. The Morgan fingerprint density at radius 1 is 1.30 bits per heavy atom. The van der Waals surface area contributed by atoms with Gasteiger partial charge in [-0.1, -0.05) is 18.2 Å². The minimum Gasteiger partial charge on any atom is -0.339 e. The van der Waals surface area contributed by atoms with Crippen molar-refractivity contribution in [1.82, 2.24) is 9.80 Å². The summed E-state index contributed by atoms with van der Waals surface area (Å²) in [5.41, 5.74) is -0.294. The molecular weight excluding hydrogens is 397 g/mol. The second kappa shape index (κ2) is 7.93. The molecule has 144 valence electrons. The van der Waals surface area contributed by atoms with Crippen molar-refractivity contribution in [3.05, 3.63) is 57.8 Å². The van der Waals surface area contributed by atoms with Gasteiger partial charge in [0, 0.05) is 20.1 Å². The van der Waals surface area contributed by atoms with Gasteiger partial charge in [-0.2, -0.15) is 13.2 Å². The Hall–Kier alpha value is -2.00. The standard InChI is InChI=1S/C18H17F3N2O2S2/c1-22(16(25)14-6-3-9-26-14)7-8-23-15(24)11-27-17(23)12-4-2-5-13(10-12)18(19,20)21/h2-6,9-10,17H,7-8,11H2,1H3. The van der Waals surface area contributed by atoms with Gasteiger partial charge >= 0.3 is 6.18 Å². The van der Waals surface area contributed by atoms with E-state index in [1.165, 1.54) is 34.1 Å². The van der Waals surface area contributed by atoms with E-state index in [2.05, 4.69) is 0 Å². The maximum Gasteiger partial charge on any atom is 0.416 e. The zero-order valence-corrected chi connectivity index (χ0v) is 16.0. The number of alkyl halides is 3. The van der Waals surface area contributed by atoms with Crippen molar-refractivity contribution in [2.75, 3.05) is 25.9 Å². The highest BCUT2D eigenvalue weighted by Crippen LogP contribution is 2.40. The normalized spacial score (nSPS) is 17.4. The summed E-state index contributed by atoms with van der Waals surface area (Å²) in [5.74, 6) is -0.0666. The van der Waals surface area contributed by atoms with E-state index < -0.39 is 17.1 Å². The minimum atomic E-state index is -4.43. The third-order valence-electron chi connectivity index (χ3n) is 4.22. The number of halogens is 3. The molecule has 9 heteroatoms. The average Bonchev–Trinajstić information content (AvgIpc) is 3.28. The van der Waals surface area contributed by atoms with E-state index in [1.807, 2.05) is 5.38 Å². The molecule has 2 aromatic rings. The molecule has 0 spiro atoms. The maximum atomic E-state index is 13.0. The van der Waals surface area contributed by atoms with E-state index in [4.69, 9.17) is 0 Å². The van der Waals surface area contributed by atoms with Gasteiger partial charge in [0.05, 0.1) is 16.2 Å². The van der Waals surface area contributed by atoms with Crippen LogP contribution in [-0.2, 0) is 11.0 Å². The summed E-state index contributed by atoms with van der Waals surface area (Å²) < 4.78 is 38.9. The van der Waals surface area contributed by atoms with E-state index in [0.717, 1.165) is 12.1 Å². The summed E-state index contributed by atoms with van der Waals surface area (Å²) in [4.78, 5) is 28.2. The van der Waals surface area contributed by atoms with Crippen LogP contribution in [0.1, 0.15) is 26.2 Å². The highest BCUT2D eigenvalue weighted by molar-refractivity contribution is 8.00. The number of amides is 2.